The Bertz CT molecular complexity index is 1230. The van der Waals surface area contributed by atoms with E-state index in [-0.39, 0.29) is 17.5 Å². The molecule has 0 bridgehead atoms. The van der Waals surface area contributed by atoms with Crippen molar-refractivity contribution in [3.63, 3.8) is 0 Å². The largest absolute Gasteiger partial charge is 0.497 e. The number of rotatable bonds is 6. The average molecular weight is 486 g/mol. The predicted molar refractivity (Wildman–Crippen MR) is 125 cm³/mol. The molecule has 33 heavy (non-hydrogen) atoms. The molecule has 2 atom stereocenters. The number of carbonyl (C=O) groups excluding carboxylic acids is 1. The third-order valence-corrected chi connectivity index (χ3v) is 6.38. The fourth-order valence-corrected chi connectivity index (χ4v) is 4.81. The van der Waals surface area contributed by atoms with Gasteiger partial charge in [0.05, 0.1) is 26.8 Å². The van der Waals surface area contributed by atoms with Gasteiger partial charge in [0, 0.05) is 27.2 Å². The van der Waals surface area contributed by atoms with Crippen LogP contribution in [0, 0.1) is 0 Å². The van der Waals surface area contributed by atoms with Gasteiger partial charge in [-0.2, -0.15) is 0 Å². The van der Waals surface area contributed by atoms with Crippen LogP contribution in [-0.4, -0.2) is 36.1 Å². The first-order valence-corrected chi connectivity index (χ1v) is 10.9. The van der Waals surface area contributed by atoms with Gasteiger partial charge in [-0.1, -0.05) is 47.5 Å². The summed E-state index contributed by atoms with van der Waals surface area (Å²) in [6.45, 7) is 0.105. The molecule has 1 aliphatic heterocycles. The number of halogens is 2. The number of benzene rings is 3. The van der Waals surface area contributed by atoms with Crippen LogP contribution in [0.3, 0.4) is 0 Å². The molecule has 8 heteroatoms. The molecule has 0 saturated carbocycles. The van der Waals surface area contributed by atoms with E-state index in [4.69, 9.17) is 32.7 Å². The Hall–Kier alpha value is -3.22. The second kappa shape index (κ2) is 9.33. The molecule has 0 aromatic heterocycles. The second-order valence-electron chi connectivity index (χ2n) is 7.62. The zero-order chi connectivity index (χ0) is 23.7. The molecule has 4 rings (SSSR count). The number of hydrogen-bond donors (Lipinski definition) is 1. The summed E-state index contributed by atoms with van der Waals surface area (Å²) < 4.78 is 10.8. The highest BCUT2D eigenvalue weighted by molar-refractivity contribution is 6.35. The molecular formula is C25H21Cl2NO5. The molecule has 170 valence electrons. The van der Waals surface area contributed by atoms with Crippen molar-refractivity contribution >= 4 is 35.1 Å². The number of carboxylic acid groups (broad SMARTS) is 1. The number of methoxy groups -OCH3 is 2. The molecule has 0 saturated heterocycles. The van der Waals surface area contributed by atoms with Crippen molar-refractivity contribution in [1.82, 2.24) is 4.90 Å². The second-order valence-corrected chi connectivity index (χ2v) is 8.47. The van der Waals surface area contributed by atoms with E-state index in [9.17, 15) is 14.7 Å². The minimum absolute atomic E-state index is 0.105. The first-order valence-electron chi connectivity index (χ1n) is 10.1. The van der Waals surface area contributed by atoms with Crippen LogP contribution in [-0.2, 0) is 11.3 Å². The van der Waals surface area contributed by atoms with Crippen molar-refractivity contribution in [2.75, 3.05) is 14.2 Å². The normalized spacial score (nSPS) is 17.5. The summed E-state index contributed by atoms with van der Waals surface area (Å²) in [4.78, 5) is 27.7. The molecule has 0 spiro atoms. The van der Waals surface area contributed by atoms with Gasteiger partial charge >= 0.3 is 5.97 Å². The molecular weight excluding hydrogens is 465 g/mol. The standard InChI is InChI=1S/C25H21Cl2NO5/c1-32-16-9-7-14(21(12-16)33-2)13-28-23(19-10-8-15(26)11-20(19)27)22(25(30)31)17-5-3-4-6-18(17)24(28)29/h3-12,22-23H,13H2,1-2H3,(H,30,31). The number of ether oxygens (including phenoxy) is 2. The zero-order valence-electron chi connectivity index (χ0n) is 17.9. The third-order valence-electron chi connectivity index (χ3n) is 5.82. The van der Waals surface area contributed by atoms with Crippen LogP contribution in [0.1, 0.15) is 39.0 Å². The number of hydrogen-bond acceptors (Lipinski definition) is 4. The van der Waals surface area contributed by atoms with E-state index in [0.717, 1.165) is 0 Å². The summed E-state index contributed by atoms with van der Waals surface area (Å²) in [5.74, 6) is -1.25. The monoisotopic (exact) mass is 485 g/mol. The van der Waals surface area contributed by atoms with E-state index in [2.05, 4.69) is 0 Å². The molecule has 0 fully saturated rings. The van der Waals surface area contributed by atoms with Crippen molar-refractivity contribution < 1.29 is 24.2 Å². The Morgan fingerprint density at radius 2 is 1.76 bits per heavy atom. The fraction of sp³-hybridized carbons (Fsp3) is 0.200. The van der Waals surface area contributed by atoms with E-state index in [1.165, 1.54) is 12.0 Å². The van der Waals surface area contributed by atoms with Crippen molar-refractivity contribution in [3.05, 3.63) is 93.0 Å². The first kappa shape index (κ1) is 23.0. The minimum atomic E-state index is -1.06. The van der Waals surface area contributed by atoms with E-state index >= 15 is 0 Å². The van der Waals surface area contributed by atoms with Crippen LogP contribution < -0.4 is 9.47 Å². The molecule has 6 nitrogen and oxygen atoms in total. The van der Waals surface area contributed by atoms with Gasteiger partial charge in [-0.25, -0.2) is 0 Å². The Morgan fingerprint density at radius 3 is 2.42 bits per heavy atom. The van der Waals surface area contributed by atoms with Gasteiger partial charge in [-0.05, 0) is 41.5 Å². The Labute approximate surface area is 201 Å². The SMILES string of the molecule is COc1ccc(CN2C(=O)c3ccccc3C(C(=O)O)C2c2ccc(Cl)cc2Cl)c(OC)c1. The lowest BCUT2D eigenvalue weighted by molar-refractivity contribution is -0.140. The first-order chi connectivity index (χ1) is 15.8. The highest BCUT2D eigenvalue weighted by Gasteiger charge is 2.45. The number of fused-ring (bicyclic) bond motifs is 1. The molecule has 1 aliphatic rings. The van der Waals surface area contributed by atoms with Gasteiger partial charge in [0.25, 0.3) is 5.91 Å². The van der Waals surface area contributed by atoms with Gasteiger partial charge < -0.3 is 19.5 Å². The van der Waals surface area contributed by atoms with E-state index in [1.807, 2.05) is 0 Å². The predicted octanol–water partition coefficient (Wildman–Crippen LogP) is 5.58. The summed E-state index contributed by atoms with van der Waals surface area (Å²) in [5.41, 5.74) is 2.00. The summed E-state index contributed by atoms with van der Waals surface area (Å²) in [7, 11) is 3.08. The maximum atomic E-state index is 13.7. The van der Waals surface area contributed by atoms with Crippen LogP contribution in [0.25, 0.3) is 0 Å². The highest BCUT2D eigenvalue weighted by atomic mass is 35.5. The number of carbonyl (C=O) groups is 2. The fourth-order valence-electron chi connectivity index (χ4n) is 4.29. The molecule has 1 heterocycles. The van der Waals surface area contributed by atoms with Crippen LogP contribution in [0.15, 0.2) is 60.7 Å². The van der Waals surface area contributed by atoms with Crippen molar-refractivity contribution in [2.45, 2.75) is 18.5 Å². The van der Waals surface area contributed by atoms with Crippen LogP contribution in [0.4, 0.5) is 0 Å². The summed E-state index contributed by atoms with van der Waals surface area (Å²) in [6, 6.07) is 16.0. The van der Waals surface area contributed by atoms with Gasteiger partial charge in [0.15, 0.2) is 0 Å². The molecule has 1 amide bonds. The molecule has 3 aromatic rings. The van der Waals surface area contributed by atoms with Crippen molar-refractivity contribution in [2.24, 2.45) is 0 Å². The highest BCUT2D eigenvalue weighted by Crippen LogP contribution is 2.46. The molecule has 1 N–H and O–H groups in total. The molecule has 2 unspecified atom stereocenters. The molecule has 0 aliphatic carbocycles. The van der Waals surface area contributed by atoms with E-state index in [1.54, 1.807) is 67.8 Å². The Morgan fingerprint density at radius 1 is 1.00 bits per heavy atom. The van der Waals surface area contributed by atoms with Crippen molar-refractivity contribution in [3.8, 4) is 11.5 Å². The maximum absolute atomic E-state index is 13.7. The lowest BCUT2D eigenvalue weighted by Gasteiger charge is -2.41. The minimum Gasteiger partial charge on any atom is -0.497 e. The number of amides is 1. The number of aliphatic carboxylic acids is 1. The Kier molecular flexibility index (Phi) is 6.49. The molecule has 3 aromatic carbocycles. The lowest BCUT2D eigenvalue weighted by Crippen LogP contribution is -2.44. The lowest BCUT2D eigenvalue weighted by atomic mass is 9.79. The summed E-state index contributed by atoms with van der Waals surface area (Å²) >= 11 is 12.6. The summed E-state index contributed by atoms with van der Waals surface area (Å²) in [6.07, 6.45) is 0. The third kappa shape index (κ3) is 4.24. The van der Waals surface area contributed by atoms with Gasteiger partial charge in [-0.15, -0.1) is 0 Å². The summed E-state index contributed by atoms with van der Waals surface area (Å²) in [5, 5.41) is 11.0. The smallest absolute Gasteiger partial charge is 0.313 e. The quantitative estimate of drug-likeness (QED) is 0.493. The number of nitrogens with zero attached hydrogens (tertiary/aromatic N) is 1. The molecule has 0 radical (unpaired) electrons. The zero-order valence-corrected chi connectivity index (χ0v) is 19.4. The van der Waals surface area contributed by atoms with Crippen LogP contribution >= 0.6 is 23.2 Å². The van der Waals surface area contributed by atoms with Crippen molar-refractivity contribution in [1.29, 1.82) is 0 Å². The van der Waals surface area contributed by atoms with Crippen LogP contribution in [0.2, 0.25) is 10.0 Å². The Balaban J connectivity index is 1.90. The topological polar surface area (TPSA) is 76.1 Å². The maximum Gasteiger partial charge on any atom is 0.313 e. The van der Waals surface area contributed by atoms with E-state index < -0.39 is 17.9 Å². The van der Waals surface area contributed by atoms with Gasteiger partial charge in [-0.3, -0.25) is 9.59 Å². The van der Waals surface area contributed by atoms with Crippen LogP contribution in [0.5, 0.6) is 11.5 Å². The van der Waals surface area contributed by atoms with Gasteiger partial charge in [0.1, 0.15) is 17.4 Å². The average Bonchev–Trinajstić information content (AvgIpc) is 2.80. The van der Waals surface area contributed by atoms with E-state index in [0.29, 0.717) is 38.8 Å². The van der Waals surface area contributed by atoms with Gasteiger partial charge in [0.2, 0.25) is 0 Å². The number of carboxylic acids is 1.